The molecule has 1 aromatic heterocycles. The fourth-order valence-electron chi connectivity index (χ4n) is 1.76. The van der Waals surface area contributed by atoms with E-state index in [2.05, 4.69) is 4.98 Å². The van der Waals surface area contributed by atoms with Crippen LogP contribution in [0, 0.1) is 11.3 Å². The summed E-state index contributed by atoms with van der Waals surface area (Å²) in [4.78, 5) is 3.38. The van der Waals surface area contributed by atoms with Gasteiger partial charge in [-0.1, -0.05) is 12.1 Å². The standard InChI is InChI=1S/C14H9F3N2O2S/c15-14(16,17)12-4-5-13(19-8-12)22(20,21)9-11-3-1-2-10(6-11)7-18/h1-6,8H,9H2. The van der Waals surface area contributed by atoms with Crippen molar-refractivity contribution in [2.45, 2.75) is 17.0 Å². The van der Waals surface area contributed by atoms with Gasteiger partial charge in [0.2, 0.25) is 0 Å². The zero-order valence-corrected chi connectivity index (χ0v) is 11.8. The fraction of sp³-hybridized carbons (Fsp3) is 0.143. The van der Waals surface area contributed by atoms with E-state index in [0.717, 1.165) is 6.07 Å². The van der Waals surface area contributed by atoms with Crippen LogP contribution in [0.2, 0.25) is 0 Å². The van der Waals surface area contributed by atoms with E-state index in [1.54, 1.807) is 0 Å². The second kappa shape index (κ2) is 5.77. The summed E-state index contributed by atoms with van der Waals surface area (Å²) in [6.45, 7) is 0. The van der Waals surface area contributed by atoms with Crippen LogP contribution in [0.4, 0.5) is 13.2 Å². The molecule has 22 heavy (non-hydrogen) atoms. The molecule has 0 aliphatic carbocycles. The number of sulfone groups is 1. The van der Waals surface area contributed by atoms with E-state index in [0.29, 0.717) is 23.4 Å². The highest BCUT2D eigenvalue weighted by Gasteiger charge is 2.31. The number of rotatable bonds is 3. The van der Waals surface area contributed by atoms with Gasteiger partial charge in [0, 0.05) is 6.20 Å². The number of nitriles is 1. The number of nitrogens with zero attached hydrogens (tertiary/aromatic N) is 2. The van der Waals surface area contributed by atoms with Gasteiger partial charge in [-0.05, 0) is 29.8 Å². The van der Waals surface area contributed by atoms with Crippen molar-refractivity contribution in [3.05, 3.63) is 59.3 Å². The summed E-state index contributed by atoms with van der Waals surface area (Å²) >= 11 is 0. The van der Waals surface area contributed by atoms with Crippen molar-refractivity contribution in [2.75, 3.05) is 0 Å². The lowest BCUT2D eigenvalue weighted by Gasteiger charge is -2.08. The largest absolute Gasteiger partial charge is 0.417 e. The van der Waals surface area contributed by atoms with E-state index in [1.807, 2.05) is 6.07 Å². The molecule has 0 bridgehead atoms. The van der Waals surface area contributed by atoms with Crippen LogP contribution >= 0.6 is 0 Å². The Kier molecular flexibility index (Phi) is 4.19. The topological polar surface area (TPSA) is 70.8 Å². The van der Waals surface area contributed by atoms with Crippen LogP contribution in [-0.4, -0.2) is 13.4 Å². The van der Waals surface area contributed by atoms with Crippen LogP contribution in [0.5, 0.6) is 0 Å². The molecule has 2 rings (SSSR count). The summed E-state index contributed by atoms with van der Waals surface area (Å²) in [7, 11) is -3.89. The third kappa shape index (κ3) is 3.62. The number of benzene rings is 1. The molecule has 0 amide bonds. The SMILES string of the molecule is N#Cc1cccc(CS(=O)(=O)c2ccc(C(F)(F)F)cn2)c1. The lowest BCUT2D eigenvalue weighted by Crippen LogP contribution is -2.10. The van der Waals surface area contributed by atoms with Gasteiger partial charge in [-0.15, -0.1) is 0 Å². The highest BCUT2D eigenvalue weighted by atomic mass is 32.2. The maximum absolute atomic E-state index is 12.4. The molecule has 4 nitrogen and oxygen atoms in total. The van der Waals surface area contributed by atoms with Crippen LogP contribution in [0.15, 0.2) is 47.6 Å². The summed E-state index contributed by atoms with van der Waals surface area (Å²) in [5.41, 5.74) is -0.355. The van der Waals surface area contributed by atoms with Crippen molar-refractivity contribution in [3.63, 3.8) is 0 Å². The van der Waals surface area contributed by atoms with Crippen LogP contribution in [0.3, 0.4) is 0 Å². The fourth-order valence-corrected chi connectivity index (χ4v) is 3.01. The van der Waals surface area contributed by atoms with E-state index < -0.39 is 32.4 Å². The van der Waals surface area contributed by atoms with E-state index in [1.165, 1.54) is 24.3 Å². The number of alkyl halides is 3. The zero-order chi connectivity index (χ0) is 16.4. The van der Waals surface area contributed by atoms with Crippen molar-refractivity contribution in [1.29, 1.82) is 5.26 Å². The molecule has 2 aromatic rings. The molecule has 8 heteroatoms. The quantitative estimate of drug-likeness (QED) is 0.869. The molecule has 0 N–H and O–H groups in total. The van der Waals surface area contributed by atoms with Gasteiger partial charge in [-0.25, -0.2) is 13.4 Å². The molecule has 0 saturated heterocycles. The third-order valence-electron chi connectivity index (χ3n) is 2.80. The van der Waals surface area contributed by atoms with Crippen LogP contribution in [0.1, 0.15) is 16.7 Å². The van der Waals surface area contributed by atoms with Gasteiger partial charge < -0.3 is 0 Å². The second-order valence-electron chi connectivity index (χ2n) is 4.45. The van der Waals surface area contributed by atoms with Crippen LogP contribution in [-0.2, 0) is 21.8 Å². The summed E-state index contributed by atoms with van der Waals surface area (Å²) in [6, 6.07) is 9.35. The first-order valence-electron chi connectivity index (χ1n) is 5.97. The van der Waals surface area contributed by atoms with Crippen molar-refractivity contribution < 1.29 is 21.6 Å². The van der Waals surface area contributed by atoms with Gasteiger partial charge in [-0.3, -0.25) is 0 Å². The monoisotopic (exact) mass is 326 g/mol. The van der Waals surface area contributed by atoms with Gasteiger partial charge in [0.1, 0.15) is 0 Å². The predicted molar refractivity (Wildman–Crippen MR) is 71.3 cm³/mol. The molecule has 0 aliphatic heterocycles. The minimum atomic E-state index is -4.57. The van der Waals surface area contributed by atoms with E-state index in [4.69, 9.17) is 5.26 Å². The zero-order valence-electron chi connectivity index (χ0n) is 11.0. The Morgan fingerprint density at radius 3 is 2.45 bits per heavy atom. The Morgan fingerprint density at radius 1 is 1.18 bits per heavy atom. The van der Waals surface area contributed by atoms with Crippen molar-refractivity contribution in [2.24, 2.45) is 0 Å². The van der Waals surface area contributed by atoms with E-state index >= 15 is 0 Å². The molecular weight excluding hydrogens is 317 g/mol. The molecule has 0 fully saturated rings. The van der Waals surface area contributed by atoms with Gasteiger partial charge >= 0.3 is 6.18 Å². The number of hydrogen-bond donors (Lipinski definition) is 0. The molecular formula is C14H9F3N2O2S. The average molecular weight is 326 g/mol. The second-order valence-corrected chi connectivity index (χ2v) is 6.39. The summed E-state index contributed by atoms with van der Waals surface area (Å²) in [5, 5.41) is 8.32. The highest BCUT2D eigenvalue weighted by molar-refractivity contribution is 7.90. The highest BCUT2D eigenvalue weighted by Crippen LogP contribution is 2.29. The number of aromatic nitrogens is 1. The molecule has 1 heterocycles. The predicted octanol–water partition coefficient (Wildman–Crippen LogP) is 2.95. The van der Waals surface area contributed by atoms with Gasteiger partial charge in [-0.2, -0.15) is 18.4 Å². The molecule has 114 valence electrons. The maximum Gasteiger partial charge on any atom is 0.417 e. The molecule has 0 radical (unpaired) electrons. The summed E-state index contributed by atoms with van der Waals surface area (Å²) in [5.74, 6) is -0.444. The lowest BCUT2D eigenvalue weighted by atomic mass is 10.2. The normalized spacial score (nSPS) is 11.9. The van der Waals surface area contributed by atoms with Gasteiger partial charge in [0.15, 0.2) is 14.9 Å². The number of hydrogen-bond acceptors (Lipinski definition) is 4. The van der Waals surface area contributed by atoms with Crippen LogP contribution < -0.4 is 0 Å². The van der Waals surface area contributed by atoms with E-state index in [-0.39, 0.29) is 0 Å². The van der Waals surface area contributed by atoms with Crippen molar-refractivity contribution in [1.82, 2.24) is 4.98 Å². The Morgan fingerprint density at radius 2 is 1.91 bits per heavy atom. The lowest BCUT2D eigenvalue weighted by molar-refractivity contribution is -0.137. The van der Waals surface area contributed by atoms with Crippen molar-refractivity contribution in [3.8, 4) is 6.07 Å². The summed E-state index contributed by atoms with van der Waals surface area (Å²) < 4.78 is 61.5. The molecule has 0 spiro atoms. The molecule has 0 aliphatic rings. The number of halogens is 3. The Balaban J connectivity index is 2.29. The first-order chi connectivity index (χ1) is 10.2. The average Bonchev–Trinajstić information content (AvgIpc) is 2.46. The molecule has 0 atom stereocenters. The molecule has 0 saturated carbocycles. The first-order valence-corrected chi connectivity index (χ1v) is 7.63. The minimum Gasteiger partial charge on any atom is -0.244 e. The van der Waals surface area contributed by atoms with Crippen molar-refractivity contribution >= 4 is 9.84 Å². The Labute approximate surface area is 124 Å². The van der Waals surface area contributed by atoms with Crippen LogP contribution in [0.25, 0.3) is 0 Å². The molecule has 0 unspecified atom stereocenters. The van der Waals surface area contributed by atoms with E-state index in [9.17, 15) is 21.6 Å². The summed E-state index contributed by atoms with van der Waals surface area (Å²) in [6.07, 6.45) is -4.09. The smallest absolute Gasteiger partial charge is 0.244 e. The minimum absolute atomic E-state index is 0.299. The first kappa shape index (κ1) is 16.0. The third-order valence-corrected chi connectivity index (χ3v) is 4.39. The Hall–Kier alpha value is -2.40. The van der Waals surface area contributed by atoms with Gasteiger partial charge in [0.05, 0.1) is 22.9 Å². The maximum atomic E-state index is 12.4. The molecule has 1 aromatic carbocycles. The van der Waals surface area contributed by atoms with Gasteiger partial charge in [0.25, 0.3) is 0 Å². The number of pyridine rings is 1. The Bertz CT molecular complexity index is 822.